The van der Waals surface area contributed by atoms with Crippen molar-refractivity contribution in [3.63, 3.8) is 0 Å². The fourth-order valence-electron chi connectivity index (χ4n) is 5.38. The number of carbonyl (C=O) groups excluding carboxylic acids is 1. The van der Waals surface area contributed by atoms with Gasteiger partial charge in [0.25, 0.3) is 0 Å². The molecule has 2 saturated heterocycles. The number of nitrogens with two attached hydrogens (primary N) is 1. The molecule has 7 atom stereocenters. The molecule has 4 heterocycles. The molecule has 0 radical (unpaired) electrons. The normalized spacial score (nSPS) is 31.5. The van der Waals surface area contributed by atoms with Gasteiger partial charge < -0.3 is 36.3 Å². The number of nitrogen functional groups attached to an aromatic ring is 1. The minimum Gasteiger partial charge on any atom is -0.861 e. The number of carbonyl (C=O) groups is 1. The molecule has 2 aliphatic heterocycles. The van der Waals surface area contributed by atoms with Gasteiger partial charge >= 0.3 is 16.2 Å². The Kier molecular flexibility index (Phi) is 7.63. The molecule has 0 unspecified atom stereocenters. The molecule has 7 N–H and O–H groups in total. The van der Waals surface area contributed by atoms with Crippen molar-refractivity contribution in [1.82, 2.24) is 34.9 Å². The third kappa shape index (κ3) is 5.51. The van der Waals surface area contributed by atoms with Gasteiger partial charge in [0.1, 0.15) is 17.9 Å². The zero-order valence-corrected chi connectivity index (χ0v) is 21.9. The second-order valence-electron chi connectivity index (χ2n) is 9.80. The molecule has 2 amide bonds. The molecule has 15 nitrogen and oxygen atoms in total. The van der Waals surface area contributed by atoms with Crippen LogP contribution in [0, 0.1) is 5.92 Å². The SMILES string of the molecule is Nc1ncnc2c1ncn2[C@@H]1C[C@H](CNS(=O)(=O)/N=C(\[O-])CCCC[C@@H]2SC[C@@H]3NC(=O)N[C@@H]32)[C@@H](O)[C@H]1O. The number of anilines is 1. The van der Waals surface area contributed by atoms with Crippen molar-refractivity contribution in [2.24, 2.45) is 10.3 Å². The second kappa shape index (κ2) is 10.8. The van der Waals surface area contributed by atoms with Crippen molar-refractivity contribution in [2.45, 2.75) is 67.7 Å². The first-order chi connectivity index (χ1) is 18.1. The van der Waals surface area contributed by atoms with Crippen molar-refractivity contribution in [3.05, 3.63) is 12.7 Å². The lowest BCUT2D eigenvalue weighted by Crippen LogP contribution is -2.36. The number of rotatable bonds is 10. The fourth-order valence-corrected chi connectivity index (χ4v) is 7.77. The summed E-state index contributed by atoms with van der Waals surface area (Å²) in [7, 11) is -4.27. The lowest BCUT2D eigenvalue weighted by molar-refractivity contribution is -0.218. The summed E-state index contributed by atoms with van der Waals surface area (Å²) in [5.74, 6) is -0.355. The highest BCUT2D eigenvalue weighted by Crippen LogP contribution is 2.37. The van der Waals surface area contributed by atoms with Gasteiger partial charge in [0, 0.05) is 23.5 Å². The highest BCUT2D eigenvalue weighted by Gasteiger charge is 2.44. The molecular weight excluding hydrogens is 538 g/mol. The minimum atomic E-state index is -4.27. The van der Waals surface area contributed by atoms with Crippen LogP contribution in [-0.2, 0) is 10.2 Å². The van der Waals surface area contributed by atoms with E-state index in [2.05, 4.69) is 34.7 Å². The van der Waals surface area contributed by atoms with E-state index in [1.807, 2.05) is 0 Å². The van der Waals surface area contributed by atoms with Crippen LogP contribution in [0.25, 0.3) is 11.2 Å². The third-order valence-corrected chi connectivity index (χ3v) is 9.82. The fraction of sp³-hybridized carbons (Fsp3) is 0.667. The first-order valence-electron chi connectivity index (χ1n) is 12.4. The maximum absolute atomic E-state index is 12.4. The Balaban J connectivity index is 1.10. The van der Waals surface area contributed by atoms with Crippen LogP contribution in [0.4, 0.5) is 10.6 Å². The summed E-state index contributed by atoms with van der Waals surface area (Å²) in [6, 6.07) is -0.547. The van der Waals surface area contributed by atoms with E-state index in [4.69, 9.17) is 5.73 Å². The van der Waals surface area contributed by atoms with E-state index in [9.17, 15) is 28.5 Å². The quantitative estimate of drug-likeness (QED) is 0.0794. The van der Waals surface area contributed by atoms with E-state index in [0.29, 0.717) is 24.0 Å². The third-order valence-electron chi connectivity index (χ3n) is 7.33. The average molecular weight is 569 g/mol. The molecule has 17 heteroatoms. The van der Waals surface area contributed by atoms with E-state index in [0.717, 1.165) is 12.2 Å². The van der Waals surface area contributed by atoms with E-state index in [1.165, 1.54) is 12.7 Å². The van der Waals surface area contributed by atoms with Crippen LogP contribution < -0.4 is 26.2 Å². The number of imidazole rings is 1. The van der Waals surface area contributed by atoms with Crippen LogP contribution in [-0.4, -0.2) is 91.9 Å². The number of aromatic nitrogens is 4. The molecule has 1 aliphatic carbocycles. The Bertz CT molecular complexity index is 1320. The van der Waals surface area contributed by atoms with Crippen molar-refractivity contribution in [2.75, 3.05) is 18.0 Å². The molecule has 0 aromatic carbocycles. The van der Waals surface area contributed by atoms with Crippen molar-refractivity contribution in [3.8, 4) is 0 Å². The van der Waals surface area contributed by atoms with Crippen LogP contribution in [0.5, 0.6) is 0 Å². The molecule has 3 aliphatic rings. The monoisotopic (exact) mass is 568 g/mol. The number of hydrogen-bond donors (Lipinski definition) is 6. The Morgan fingerprint density at radius 2 is 2.08 bits per heavy atom. The van der Waals surface area contributed by atoms with Gasteiger partial charge in [0.15, 0.2) is 11.5 Å². The summed E-state index contributed by atoms with van der Waals surface area (Å²) in [4.78, 5) is 23.7. The first-order valence-corrected chi connectivity index (χ1v) is 14.8. The number of hydrogen-bond acceptors (Lipinski definition) is 11. The van der Waals surface area contributed by atoms with Gasteiger partial charge in [-0.2, -0.15) is 29.3 Å². The van der Waals surface area contributed by atoms with Gasteiger partial charge in [-0.3, -0.25) is 0 Å². The van der Waals surface area contributed by atoms with Gasteiger partial charge in [-0.05, 0) is 31.6 Å². The lowest BCUT2D eigenvalue weighted by atomic mass is 10.0. The number of thioether (sulfide) groups is 1. The molecule has 2 aromatic heterocycles. The zero-order valence-electron chi connectivity index (χ0n) is 20.3. The molecule has 0 bridgehead atoms. The summed E-state index contributed by atoms with van der Waals surface area (Å²) >= 11 is 1.78. The van der Waals surface area contributed by atoms with E-state index < -0.39 is 40.3 Å². The van der Waals surface area contributed by atoms with Crippen LogP contribution in [0.15, 0.2) is 17.1 Å². The minimum absolute atomic E-state index is 0.0114. The topological polar surface area (TPSA) is 233 Å². The van der Waals surface area contributed by atoms with Crippen LogP contribution in [0.2, 0.25) is 0 Å². The van der Waals surface area contributed by atoms with E-state index >= 15 is 0 Å². The van der Waals surface area contributed by atoms with Gasteiger partial charge in [0.05, 0.1) is 30.6 Å². The number of aliphatic hydroxyl groups is 2. The Morgan fingerprint density at radius 1 is 1.26 bits per heavy atom. The van der Waals surface area contributed by atoms with Gasteiger partial charge in [-0.25, -0.2) is 19.7 Å². The molecule has 2 aromatic rings. The predicted molar refractivity (Wildman–Crippen MR) is 137 cm³/mol. The van der Waals surface area contributed by atoms with Gasteiger partial charge in [0.2, 0.25) is 0 Å². The molecule has 38 heavy (non-hydrogen) atoms. The standard InChI is InChI=1S/C21H31N9O6S2/c22-19-16-20(24-8-23-19)30(9-25-16)12-5-10(17(32)18(12)33)6-26-38(35,36)29-14(31)4-2-1-3-13-15-11(7-37-13)27-21(34)28-15/h8-13,15,17-18,26,32-33H,1-7H2,(H,29,31)(H2,22,23,24)(H2,27,28,34)/p-1/t10-,11+,12-,13+,15+,17-,18+/m1/s1. The average Bonchev–Trinajstić information content (AvgIpc) is 3.61. The van der Waals surface area contributed by atoms with Crippen molar-refractivity contribution in [1.29, 1.82) is 0 Å². The molecule has 1 saturated carbocycles. The molecule has 0 spiro atoms. The van der Waals surface area contributed by atoms with E-state index in [-0.39, 0.29) is 48.6 Å². The number of amides is 2. The summed E-state index contributed by atoms with van der Waals surface area (Å²) in [5.41, 5.74) is 6.57. The maximum Gasteiger partial charge on any atom is 0.318 e. The molecule has 208 valence electrons. The number of urea groups is 1. The predicted octanol–water partition coefficient (Wildman–Crippen LogP) is -1.99. The number of fused-ring (bicyclic) bond motifs is 2. The van der Waals surface area contributed by atoms with Crippen LogP contribution in [0.3, 0.4) is 0 Å². The molecule has 3 fully saturated rings. The number of nitrogens with one attached hydrogen (secondary N) is 3. The van der Waals surface area contributed by atoms with Crippen molar-refractivity contribution < 1.29 is 28.5 Å². The van der Waals surface area contributed by atoms with Crippen LogP contribution in [0.1, 0.15) is 38.1 Å². The Labute approximate surface area is 222 Å². The number of nitrogens with zero attached hydrogens (tertiary/aromatic N) is 5. The zero-order chi connectivity index (χ0) is 27.0. The van der Waals surface area contributed by atoms with Crippen LogP contribution >= 0.6 is 11.8 Å². The Hall–Kier alpha value is -2.73. The van der Waals surface area contributed by atoms with Gasteiger partial charge in [-0.15, -0.1) is 0 Å². The molecule has 5 rings (SSSR count). The summed E-state index contributed by atoms with van der Waals surface area (Å²) in [5, 5.41) is 39.4. The number of unbranched alkanes of at least 4 members (excludes halogenated alkanes) is 1. The highest BCUT2D eigenvalue weighted by molar-refractivity contribution is 8.00. The van der Waals surface area contributed by atoms with E-state index in [1.54, 1.807) is 16.3 Å². The summed E-state index contributed by atoms with van der Waals surface area (Å²) in [6.45, 7) is -0.210. The Morgan fingerprint density at radius 3 is 2.89 bits per heavy atom. The second-order valence-corrected chi connectivity index (χ2v) is 12.5. The maximum atomic E-state index is 12.4. The summed E-state index contributed by atoms with van der Waals surface area (Å²) < 4.78 is 31.9. The lowest BCUT2D eigenvalue weighted by Gasteiger charge is -2.18. The number of aliphatic hydroxyl groups excluding tert-OH is 2. The smallest absolute Gasteiger partial charge is 0.318 e. The summed E-state index contributed by atoms with van der Waals surface area (Å²) in [6.07, 6.45) is 2.51. The highest BCUT2D eigenvalue weighted by atomic mass is 32.2. The largest absolute Gasteiger partial charge is 0.861 e. The first kappa shape index (κ1) is 26.9. The van der Waals surface area contributed by atoms with Gasteiger partial charge in [-0.1, -0.05) is 6.42 Å². The van der Waals surface area contributed by atoms with Crippen molar-refractivity contribution >= 4 is 50.9 Å². The molecular formula is C21H30N9O6S2-.